The van der Waals surface area contributed by atoms with Crippen LogP contribution in [-0.4, -0.2) is 30.9 Å². The average Bonchev–Trinajstić information content (AvgIpc) is 3.19. The molecule has 1 aromatic carbocycles. The fraction of sp³-hybridized carbons (Fsp3) is 0.190. The summed E-state index contributed by atoms with van der Waals surface area (Å²) in [4.78, 5) is 29.7. The highest BCUT2D eigenvalue weighted by Gasteiger charge is 2.18. The zero-order valence-corrected chi connectivity index (χ0v) is 16.1. The van der Waals surface area contributed by atoms with E-state index in [4.69, 9.17) is 0 Å². The zero-order valence-electron chi connectivity index (χ0n) is 16.1. The van der Waals surface area contributed by atoms with Crippen LogP contribution in [0.25, 0.3) is 22.0 Å². The van der Waals surface area contributed by atoms with Crippen molar-refractivity contribution < 1.29 is 4.79 Å². The van der Waals surface area contributed by atoms with Crippen LogP contribution in [0.1, 0.15) is 24.3 Å². The number of pyridine rings is 1. The zero-order chi connectivity index (χ0) is 20.4. The lowest BCUT2D eigenvalue weighted by atomic mass is 10.1. The van der Waals surface area contributed by atoms with Gasteiger partial charge in [-0.3, -0.25) is 19.7 Å². The van der Waals surface area contributed by atoms with Crippen molar-refractivity contribution in [2.45, 2.75) is 20.4 Å². The molecule has 0 aliphatic carbocycles. The fourth-order valence-electron chi connectivity index (χ4n) is 3.11. The number of aromatic nitrogens is 5. The second kappa shape index (κ2) is 7.67. The topological polar surface area (TPSA) is 106 Å². The van der Waals surface area contributed by atoms with Crippen molar-refractivity contribution in [1.29, 1.82) is 0 Å². The molecule has 29 heavy (non-hydrogen) atoms. The van der Waals surface area contributed by atoms with Crippen LogP contribution in [0.3, 0.4) is 0 Å². The molecule has 0 atom stereocenters. The molecule has 8 nitrogen and oxygen atoms in total. The van der Waals surface area contributed by atoms with Crippen molar-refractivity contribution in [3.8, 4) is 11.3 Å². The van der Waals surface area contributed by atoms with E-state index in [1.165, 1.54) is 4.68 Å². The van der Waals surface area contributed by atoms with Crippen molar-refractivity contribution in [3.05, 3.63) is 70.9 Å². The monoisotopic (exact) mass is 388 g/mol. The fourth-order valence-corrected chi connectivity index (χ4v) is 3.11. The van der Waals surface area contributed by atoms with Crippen molar-refractivity contribution >= 4 is 22.5 Å². The Hall–Kier alpha value is -3.81. The van der Waals surface area contributed by atoms with Crippen LogP contribution < -0.4 is 10.9 Å². The average molecular weight is 388 g/mol. The van der Waals surface area contributed by atoms with Gasteiger partial charge in [0.25, 0.3) is 11.5 Å². The van der Waals surface area contributed by atoms with Crippen molar-refractivity contribution in [3.63, 3.8) is 0 Å². The minimum Gasteiger partial charge on any atom is -0.304 e. The highest BCUT2D eigenvalue weighted by molar-refractivity contribution is 6.10. The Morgan fingerprint density at radius 2 is 1.86 bits per heavy atom. The number of nitrogens with zero attached hydrogens (tertiary/aromatic N) is 4. The standard InChI is InChI=1S/C21H20N6O2/c1-13(2)12-27-21(29)16-6-4-3-5-15(16)19(26-27)20(28)23-18-11-17(24-25-18)14-7-9-22-10-8-14/h3-11,13H,12H2,1-2H3,(H2,23,24,25,28). The van der Waals surface area contributed by atoms with E-state index < -0.39 is 5.91 Å². The number of H-pyrrole nitrogens is 1. The number of amides is 1. The molecule has 0 radical (unpaired) electrons. The van der Waals surface area contributed by atoms with Gasteiger partial charge in [0, 0.05) is 36.0 Å². The third-order valence-electron chi connectivity index (χ3n) is 4.43. The van der Waals surface area contributed by atoms with Gasteiger partial charge >= 0.3 is 0 Å². The summed E-state index contributed by atoms with van der Waals surface area (Å²) in [7, 11) is 0. The number of carbonyl (C=O) groups excluding carboxylic acids is 1. The Morgan fingerprint density at radius 3 is 2.59 bits per heavy atom. The molecule has 0 aliphatic heterocycles. The number of hydrogen-bond acceptors (Lipinski definition) is 5. The number of fused-ring (bicyclic) bond motifs is 1. The number of hydrogen-bond donors (Lipinski definition) is 2. The van der Waals surface area contributed by atoms with E-state index in [-0.39, 0.29) is 17.2 Å². The number of aromatic amines is 1. The first-order chi connectivity index (χ1) is 14.0. The summed E-state index contributed by atoms with van der Waals surface area (Å²) in [5.41, 5.74) is 1.65. The molecule has 2 N–H and O–H groups in total. The van der Waals surface area contributed by atoms with Crippen molar-refractivity contribution in [2.75, 3.05) is 5.32 Å². The van der Waals surface area contributed by atoms with Gasteiger partial charge in [-0.15, -0.1) is 0 Å². The van der Waals surface area contributed by atoms with Crippen LogP contribution in [0.2, 0.25) is 0 Å². The Kier molecular flexibility index (Phi) is 4.90. The number of nitrogens with one attached hydrogen (secondary N) is 2. The summed E-state index contributed by atoms with van der Waals surface area (Å²) in [5.74, 6) is 0.160. The summed E-state index contributed by atoms with van der Waals surface area (Å²) < 4.78 is 1.36. The predicted molar refractivity (Wildman–Crippen MR) is 111 cm³/mol. The first-order valence-corrected chi connectivity index (χ1v) is 9.30. The van der Waals surface area contributed by atoms with Gasteiger partial charge in [-0.1, -0.05) is 32.0 Å². The predicted octanol–water partition coefficient (Wildman–Crippen LogP) is 3.09. The van der Waals surface area contributed by atoms with Crippen LogP contribution in [0.4, 0.5) is 5.82 Å². The molecule has 0 saturated heterocycles. The van der Waals surface area contributed by atoms with E-state index >= 15 is 0 Å². The van der Waals surface area contributed by atoms with E-state index in [0.29, 0.717) is 23.1 Å². The van der Waals surface area contributed by atoms with Crippen LogP contribution in [0.5, 0.6) is 0 Å². The quantitative estimate of drug-likeness (QED) is 0.546. The molecule has 146 valence electrons. The summed E-state index contributed by atoms with van der Waals surface area (Å²) in [6, 6.07) is 12.4. The van der Waals surface area contributed by atoms with Gasteiger partial charge in [0.2, 0.25) is 0 Å². The third-order valence-corrected chi connectivity index (χ3v) is 4.43. The molecule has 1 amide bonds. The van der Waals surface area contributed by atoms with Gasteiger partial charge in [0.15, 0.2) is 11.5 Å². The first-order valence-electron chi connectivity index (χ1n) is 9.30. The lowest BCUT2D eigenvalue weighted by Crippen LogP contribution is -2.29. The molecule has 3 heterocycles. The van der Waals surface area contributed by atoms with Crippen LogP contribution in [-0.2, 0) is 6.54 Å². The van der Waals surface area contributed by atoms with E-state index in [1.54, 1.807) is 42.7 Å². The van der Waals surface area contributed by atoms with E-state index in [1.807, 2.05) is 26.0 Å². The Labute approximate surface area is 166 Å². The maximum Gasteiger partial charge on any atom is 0.277 e. The summed E-state index contributed by atoms with van der Waals surface area (Å²) in [6.07, 6.45) is 3.37. The van der Waals surface area contributed by atoms with Gasteiger partial charge in [-0.2, -0.15) is 10.2 Å². The summed E-state index contributed by atoms with van der Waals surface area (Å²) in [5, 5.41) is 15.1. The molecular formula is C21H20N6O2. The van der Waals surface area contributed by atoms with E-state index in [2.05, 4.69) is 25.6 Å². The van der Waals surface area contributed by atoms with Gasteiger partial charge in [0.05, 0.1) is 11.1 Å². The number of rotatable bonds is 5. The maximum absolute atomic E-state index is 13.0. The number of anilines is 1. The number of benzene rings is 1. The van der Waals surface area contributed by atoms with Gasteiger partial charge in [0.1, 0.15) is 0 Å². The highest BCUT2D eigenvalue weighted by atomic mass is 16.2. The Balaban J connectivity index is 1.69. The third kappa shape index (κ3) is 3.77. The van der Waals surface area contributed by atoms with Gasteiger partial charge < -0.3 is 5.32 Å². The molecule has 0 spiro atoms. The number of carbonyl (C=O) groups is 1. The summed E-state index contributed by atoms with van der Waals surface area (Å²) >= 11 is 0. The van der Waals surface area contributed by atoms with Crippen molar-refractivity contribution in [2.24, 2.45) is 5.92 Å². The molecule has 0 bridgehead atoms. The second-order valence-electron chi connectivity index (χ2n) is 7.13. The molecular weight excluding hydrogens is 368 g/mol. The molecule has 4 rings (SSSR count). The minimum absolute atomic E-state index is 0.189. The molecule has 0 unspecified atom stereocenters. The van der Waals surface area contributed by atoms with Gasteiger partial charge in [-0.05, 0) is 24.1 Å². The smallest absolute Gasteiger partial charge is 0.277 e. The summed E-state index contributed by atoms with van der Waals surface area (Å²) in [6.45, 7) is 4.42. The van der Waals surface area contributed by atoms with Crippen LogP contribution in [0.15, 0.2) is 59.7 Å². The molecule has 0 aliphatic rings. The lowest BCUT2D eigenvalue weighted by molar-refractivity contribution is 0.102. The second-order valence-corrected chi connectivity index (χ2v) is 7.13. The maximum atomic E-state index is 13.0. The van der Waals surface area contributed by atoms with Crippen LogP contribution in [0, 0.1) is 5.92 Å². The SMILES string of the molecule is CC(C)Cn1nc(C(=O)Nc2cc(-c3ccncc3)[nH]n2)c2ccccc2c1=O. The van der Waals surface area contributed by atoms with E-state index in [9.17, 15) is 9.59 Å². The van der Waals surface area contributed by atoms with Gasteiger partial charge in [-0.25, -0.2) is 4.68 Å². The molecule has 0 saturated carbocycles. The highest BCUT2D eigenvalue weighted by Crippen LogP contribution is 2.20. The molecule has 0 fully saturated rings. The first kappa shape index (κ1) is 18.5. The largest absolute Gasteiger partial charge is 0.304 e. The molecule has 8 heteroatoms. The minimum atomic E-state index is -0.425. The normalized spacial score (nSPS) is 11.1. The van der Waals surface area contributed by atoms with E-state index in [0.717, 1.165) is 11.3 Å². The Bertz CT molecular complexity index is 1230. The molecule has 4 aromatic rings. The van der Waals surface area contributed by atoms with Crippen LogP contribution >= 0.6 is 0 Å². The molecule has 3 aromatic heterocycles. The Morgan fingerprint density at radius 1 is 1.14 bits per heavy atom. The lowest BCUT2D eigenvalue weighted by Gasteiger charge is -2.12. The van der Waals surface area contributed by atoms with Crippen molar-refractivity contribution in [1.82, 2.24) is 25.0 Å².